The maximum Gasteiger partial charge on any atom is 0.286 e. The molecule has 29 heavy (non-hydrogen) atoms. The Hall–Kier alpha value is -2.66. The number of ether oxygens (including phenoxy) is 1. The predicted octanol–water partition coefficient (Wildman–Crippen LogP) is 3.42. The summed E-state index contributed by atoms with van der Waals surface area (Å²) >= 11 is 3.26. The molecule has 2 aromatic carbocycles. The van der Waals surface area contributed by atoms with Gasteiger partial charge in [0.1, 0.15) is 5.75 Å². The van der Waals surface area contributed by atoms with E-state index in [4.69, 9.17) is 4.74 Å². The fraction of sp³-hybridized carbons (Fsp3) is 0.100. The van der Waals surface area contributed by atoms with Gasteiger partial charge < -0.3 is 15.4 Å². The molecule has 0 aromatic heterocycles. The molecule has 7 nitrogen and oxygen atoms in total. The largest absolute Gasteiger partial charge is 0.484 e. The van der Waals surface area contributed by atoms with Gasteiger partial charge in [-0.3, -0.25) is 14.4 Å². The zero-order valence-corrected chi connectivity index (χ0v) is 18.2. The first-order valence-corrected chi connectivity index (χ1v) is 10.4. The number of amidine groups is 1. The Morgan fingerprint density at radius 2 is 1.86 bits per heavy atom. The molecule has 1 aliphatic rings. The molecule has 0 radical (unpaired) electrons. The van der Waals surface area contributed by atoms with Crippen LogP contribution < -0.4 is 15.4 Å². The number of aliphatic imine (C=N–C) groups is 1. The fourth-order valence-electron chi connectivity index (χ4n) is 2.32. The summed E-state index contributed by atoms with van der Waals surface area (Å²) in [6.45, 7) is 1.24. The lowest BCUT2D eigenvalue weighted by atomic mass is 10.2. The smallest absolute Gasteiger partial charge is 0.286 e. The third-order valence-corrected chi connectivity index (χ3v) is 5.44. The summed E-state index contributed by atoms with van der Waals surface area (Å²) in [6, 6.07) is 14.4. The van der Waals surface area contributed by atoms with Gasteiger partial charge in [0, 0.05) is 10.5 Å². The summed E-state index contributed by atoms with van der Waals surface area (Å²) < 4.78 is 6.45. The minimum Gasteiger partial charge on any atom is -0.484 e. The van der Waals surface area contributed by atoms with E-state index in [1.54, 1.807) is 30.3 Å². The summed E-state index contributed by atoms with van der Waals surface area (Å²) in [5.41, 5.74) is 1.51. The van der Waals surface area contributed by atoms with Crippen LogP contribution in [-0.4, -0.2) is 29.5 Å². The first-order chi connectivity index (χ1) is 13.9. The lowest BCUT2D eigenvalue weighted by Gasteiger charge is -2.09. The quantitative estimate of drug-likeness (QED) is 0.465. The number of para-hydroxylation sites is 1. The Morgan fingerprint density at radius 3 is 2.55 bits per heavy atom. The molecule has 0 fully saturated rings. The maximum absolute atomic E-state index is 12.0. The molecular weight excluding hydrogens is 505 g/mol. The van der Waals surface area contributed by atoms with E-state index in [0.29, 0.717) is 10.7 Å². The van der Waals surface area contributed by atoms with E-state index < -0.39 is 5.91 Å². The van der Waals surface area contributed by atoms with Gasteiger partial charge in [-0.1, -0.05) is 24.3 Å². The van der Waals surface area contributed by atoms with E-state index in [-0.39, 0.29) is 23.6 Å². The average molecular weight is 521 g/mol. The molecule has 0 bridgehead atoms. The van der Waals surface area contributed by atoms with Gasteiger partial charge in [-0.25, -0.2) is 0 Å². The zero-order valence-electron chi connectivity index (χ0n) is 15.3. The van der Waals surface area contributed by atoms with Crippen molar-refractivity contribution in [1.82, 2.24) is 5.32 Å². The van der Waals surface area contributed by atoms with Crippen molar-refractivity contribution in [3.8, 4) is 5.75 Å². The predicted molar refractivity (Wildman–Crippen MR) is 122 cm³/mol. The van der Waals surface area contributed by atoms with Crippen LogP contribution in [0.1, 0.15) is 12.5 Å². The van der Waals surface area contributed by atoms with E-state index in [1.165, 1.54) is 6.92 Å². The minimum absolute atomic E-state index is 0.117. The summed E-state index contributed by atoms with van der Waals surface area (Å²) in [6.07, 6.45) is 1.68. The monoisotopic (exact) mass is 521 g/mol. The lowest BCUT2D eigenvalue weighted by molar-refractivity contribution is -0.118. The minimum atomic E-state index is -0.397. The molecule has 2 aromatic rings. The second kappa shape index (κ2) is 9.70. The molecule has 148 valence electrons. The highest BCUT2D eigenvalue weighted by atomic mass is 127. The number of rotatable bonds is 5. The molecule has 0 aliphatic carbocycles. The number of carbonyl (C=O) groups is 3. The Bertz CT molecular complexity index is 1020. The Balaban J connectivity index is 1.54. The molecule has 1 heterocycles. The highest BCUT2D eigenvalue weighted by molar-refractivity contribution is 14.1. The number of halogens is 1. The van der Waals surface area contributed by atoms with E-state index in [0.717, 1.165) is 26.6 Å². The molecule has 0 unspecified atom stereocenters. The van der Waals surface area contributed by atoms with Gasteiger partial charge in [0.15, 0.2) is 11.8 Å². The van der Waals surface area contributed by atoms with Crippen molar-refractivity contribution in [2.45, 2.75) is 6.92 Å². The molecule has 0 saturated heterocycles. The van der Waals surface area contributed by atoms with Gasteiger partial charge in [-0.05, 0) is 70.3 Å². The number of anilines is 1. The van der Waals surface area contributed by atoms with Crippen LogP contribution in [0.5, 0.6) is 5.75 Å². The van der Waals surface area contributed by atoms with Crippen LogP contribution in [0, 0.1) is 3.57 Å². The van der Waals surface area contributed by atoms with Gasteiger partial charge in [0.2, 0.25) is 5.91 Å². The van der Waals surface area contributed by atoms with Gasteiger partial charge in [0.05, 0.1) is 10.6 Å². The van der Waals surface area contributed by atoms with Crippen LogP contribution in [0.25, 0.3) is 6.08 Å². The molecule has 3 rings (SSSR count). The molecule has 9 heteroatoms. The number of amides is 3. The number of nitrogens with one attached hydrogen (secondary N) is 2. The highest BCUT2D eigenvalue weighted by Gasteiger charge is 2.22. The number of benzene rings is 2. The topological polar surface area (TPSA) is 96.9 Å². The van der Waals surface area contributed by atoms with E-state index in [2.05, 4.69) is 38.2 Å². The molecule has 1 aliphatic heterocycles. The summed E-state index contributed by atoms with van der Waals surface area (Å²) in [5.74, 6) is -0.398. The second-order valence-corrected chi connectivity index (χ2v) is 8.09. The zero-order chi connectivity index (χ0) is 20.8. The van der Waals surface area contributed by atoms with Crippen LogP contribution in [0.4, 0.5) is 5.69 Å². The number of carbonyl (C=O) groups excluding carboxylic acids is 3. The van der Waals surface area contributed by atoms with E-state index >= 15 is 0 Å². The van der Waals surface area contributed by atoms with Crippen molar-refractivity contribution in [3.63, 3.8) is 0 Å². The van der Waals surface area contributed by atoms with Crippen molar-refractivity contribution in [1.29, 1.82) is 0 Å². The Kier molecular flexibility index (Phi) is 7.04. The maximum atomic E-state index is 12.0. The summed E-state index contributed by atoms with van der Waals surface area (Å²) in [7, 11) is 0. The van der Waals surface area contributed by atoms with Gasteiger partial charge in [-0.2, -0.15) is 4.99 Å². The van der Waals surface area contributed by atoms with E-state index in [1.807, 2.05) is 24.3 Å². The number of hydrogen-bond acceptors (Lipinski definition) is 5. The molecule has 0 atom stereocenters. The SMILES string of the molecule is CC(=O)NC1=NC(=O)/C(=C/c2ccc(OCC(=O)Nc3ccccc3I)cc2)S1. The second-order valence-electron chi connectivity index (χ2n) is 5.90. The third kappa shape index (κ3) is 6.16. The summed E-state index contributed by atoms with van der Waals surface area (Å²) in [4.78, 5) is 39.2. The van der Waals surface area contributed by atoms with Gasteiger partial charge >= 0.3 is 0 Å². The fourth-order valence-corrected chi connectivity index (χ4v) is 3.70. The number of thioether (sulfide) groups is 1. The molecule has 0 saturated carbocycles. The lowest BCUT2D eigenvalue weighted by Crippen LogP contribution is -2.23. The Labute approximate surface area is 185 Å². The highest BCUT2D eigenvalue weighted by Crippen LogP contribution is 2.28. The van der Waals surface area contributed by atoms with Crippen molar-refractivity contribution >= 4 is 69.0 Å². The standard InChI is InChI=1S/C20H16IN3O4S/c1-12(25)22-20-24-19(27)17(29-20)10-13-6-8-14(9-7-13)28-11-18(26)23-16-5-3-2-4-15(16)21/h2-10H,11H2,1H3,(H,23,26)(H,22,24,25,27)/b17-10-. The van der Waals surface area contributed by atoms with Crippen molar-refractivity contribution in [3.05, 3.63) is 62.6 Å². The molecular formula is C20H16IN3O4S. The molecule has 2 N–H and O–H groups in total. The first-order valence-electron chi connectivity index (χ1n) is 8.48. The van der Waals surface area contributed by atoms with Crippen molar-refractivity contribution < 1.29 is 19.1 Å². The average Bonchev–Trinajstić information content (AvgIpc) is 3.01. The van der Waals surface area contributed by atoms with Gasteiger partial charge in [-0.15, -0.1) is 0 Å². The Morgan fingerprint density at radius 1 is 1.14 bits per heavy atom. The molecule has 0 spiro atoms. The molecule has 3 amide bonds. The number of nitrogens with zero attached hydrogens (tertiary/aromatic N) is 1. The van der Waals surface area contributed by atoms with Crippen molar-refractivity contribution in [2.75, 3.05) is 11.9 Å². The van der Waals surface area contributed by atoms with Crippen LogP contribution in [0.15, 0.2) is 58.4 Å². The van der Waals surface area contributed by atoms with Crippen LogP contribution in [0.2, 0.25) is 0 Å². The van der Waals surface area contributed by atoms with Crippen LogP contribution in [0.3, 0.4) is 0 Å². The number of hydrogen-bond donors (Lipinski definition) is 2. The third-order valence-electron chi connectivity index (χ3n) is 3.60. The van der Waals surface area contributed by atoms with Crippen molar-refractivity contribution in [2.24, 2.45) is 4.99 Å². The normalized spacial score (nSPS) is 14.5. The van der Waals surface area contributed by atoms with Crippen LogP contribution >= 0.6 is 34.4 Å². The summed E-state index contributed by atoms with van der Waals surface area (Å²) in [5, 5.41) is 5.57. The van der Waals surface area contributed by atoms with Gasteiger partial charge in [0.25, 0.3) is 11.8 Å². The first kappa shape index (κ1) is 21.1. The van der Waals surface area contributed by atoms with E-state index in [9.17, 15) is 14.4 Å². The van der Waals surface area contributed by atoms with Crippen LogP contribution in [-0.2, 0) is 14.4 Å².